The number of para-hydroxylation sites is 2. The van der Waals surface area contributed by atoms with Gasteiger partial charge >= 0.3 is 0 Å². The van der Waals surface area contributed by atoms with E-state index < -0.39 is 20.7 Å². The SMILES string of the molecule is CCCNS(=O)(=O)c1ccc(Cl)c(N2c3ccccc3C=Cc3ccccc32)c1F. The lowest BCUT2D eigenvalue weighted by Crippen LogP contribution is -2.26. The maximum atomic E-state index is 15.8. The molecule has 30 heavy (non-hydrogen) atoms. The molecule has 154 valence electrons. The fraction of sp³-hybridized carbons (Fsp3) is 0.130. The van der Waals surface area contributed by atoms with Crippen LogP contribution in [0.25, 0.3) is 12.2 Å². The summed E-state index contributed by atoms with van der Waals surface area (Å²) in [6.07, 6.45) is 4.49. The number of rotatable bonds is 5. The summed E-state index contributed by atoms with van der Waals surface area (Å²) in [5.41, 5.74) is 3.13. The van der Waals surface area contributed by atoms with Crippen LogP contribution in [0.4, 0.5) is 21.5 Å². The third-order valence-electron chi connectivity index (χ3n) is 4.88. The molecule has 0 amide bonds. The number of nitrogens with one attached hydrogen (secondary N) is 1. The second-order valence-electron chi connectivity index (χ2n) is 6.89. The van der Waals surface area contributed by atoms with Gasteiger partial charge in [-0.1, -0.05) is 67.1 Å². The number of nitrogens with zero attached hydrogens (tertiary/aromatic N) is 1. The van der Waals surface area contributed by atoms with E-state index in [0.29, 0.717) is 17.8 Å². The Morgan fingerprint density at radius 1 is 0.933 bits per heavy atom. The van der Waals surface area contributed by atoms with E-state index in [9.17, 15) is 8.42 Å². The fourth-order valence-electron chi connectivity index (χ4n) is 3.46. The van der Waals surface area contributed by atoms with Crippen LogP contribution in [0, 0.1) is 5.82 Å². The molecule has 3 aromatic rings. The van der Waals surface area contributed by atoms with Crippen LogP contribution < -0.4 is 9.62 Å². The van der Waals surface area contributed by atoms with Crippen molar-refractivity contribution in [2.24, 2.45) is 0 Å². The number of fused-ring (bicyclic) bond motifs is 2. The largest absolute Gasteiger partial charge is 0.305 e. The van der Waals surface area contributed by atoms with Gasteiger partial charge in [0.1, 0.15) is 10.6 Å². The van der Waals surface area contributed by atoms with Gasteiger partial charge in [0.2, 0.25) is 10.0 Å². The third kappa shape index (κ3) is 3.62. The number of benzene rings is 3. The van der Waals surface area contributed by atoms with Crippen molar-refractivity contribution in [2.45, 2.75) is 18.2 Å². The van der Waals surface area contributed by atoms with Crippen molar-refractivity contribution in [3.63, 3.8) is 0 Å². The van der Waals surface area contributed by atoms with Crippen molar-refractivity contribution in [1.29, 1.82) is 0 Å². The molecule has 0 fully saturated rings. The molecule has 0 unspecified atom stereocenters. The summed E-state index contributed by atoms with van der Waals surface area (Å²) in [4.78, 5) is 1.25. The molecule has 1 aliphatic rings. The first kappa shape index (κ1) is 20.6. The average molecular weight is 443 g/mol. The van der Waals surface area contributed by atoms with Gasteiger partial charge in [0.25, 0.3) is 0 Å². The van der Waals surface area contributed by atoms with Gasteiger partial charge in [0, 0.05) is 6.54 Å². The zero-order valence-electron chi connectivity index (χ0n) is 16.3. The first-order valence-electron chi connectivity index (χ1n) is 9.58. The quantitative estimate of drug-likeness (QED) is 0.405. The summed E-state index contributed by atoms with van der Waals surface area (Å²) in [5.74, 6) is -0.891. The molecule has 4 nitrogen and oxygen atoms in total. The highest BCUT2D eigenvalue weighted by molar-refractivity contribution is 7.89. The number of sulfonamides is 1. The van der Waals surface area contributed by atoms with E-state index in [4.69, 9.17) is 11.6 Å². The van der Waals surface area contributed by atoms with E-state index in [2.05, 4.69) is 4.72 Å². The second kappa shape index (κ2) is 8.22. The number of hydrogen-bond donors (Lipinski definition) is 1. The minimum absolute atomic E-state index is 0.000333. The summed E-state index contributed by atoms with van der Waals surface area (Å²) in [6.45, 7) is 2.06. The molecular formula is C23H20ClFN2O2S. The molecule has 7 heteroatoms. The van der Waals surface area contributed by atoms with Crippen molar-refractivity contribution in [1.82, 2.24) is 4.72 Å². The van der Waals surface area contributed by atoms with Crippen LogP contribution in [0.15, 0.2) is 65.6 Å². The molecule has 0 bridgehead atoms. The molecule has 0 aliphatic carbocycles. The Morgan fingerprint density at radius 2 is 1.50 bits per heavy atom. The summed E-state index contributed by atoms with van der Waals surface area (Å²) >= 11 is 6.46. The van der Waals surface area contributed by atoms with Gasteiger partial charge in [0.15, 0.2) is 5.82 Å². The van der Waals surface area contributed by atoms with Gasteiger partial charge in [-0.05, 0) is 41.8 Å². The van der Waals surface area contributed by atoms with Crippen molar-refractivity contribution in [2.75, 3.05) is 11.4 Å². The molecule has 0 saturated carbocycles. The predicted molar refractivity (Wildman–Crippen MR) is 121 cm³/mol. The van der Waals surface area contributed by atoms with E-state index in [1.54, 1.807) is 4.90 Å². The summed E-state index contributed by atoms with van der Waals surface area (Å²) < 4.78 is 43.6. The molecule has 3 aromatic carbocycles. The smallest absolute Gasteiger partial charge is 0.243 e. The standard InChI is InChI=1S/C23H20ClFN2O2S/c1-2-15-26-30(28,29)21-14-13-18(24)23(22(21)25)27-19-9-5-3-7-16(19)11-12-17-8-4-6-10-20(17)27/h3-14,26H,2,15H2,1H3. The number of anilines is 3. The van der Waals surface area contributed by atoms with E-state index in [1.165, 1.54) is 12.1 Å². The van der Waals surface area contributed by atoms with Gasteiger partial charge in [-0.15, -0.1) is 0 Å². The van der Waals surface area contributed by atoms with Crippen molar-refractivity contribution in [3.8, 4) is 0 Å². The Morgan fingerprint density at radius 3 is 2.07 bits per heavy atom. The molecular weight excluding hydrogens is 423 g/mol. The van der Waals surface area contributed by atoms with Crippen molar-refractivity contribution >= 4 is 50.8 Å². The lowest BCUT2D eigenvalue weighted by molar-refractivity contribution is 0.557. The summed E-state index contributed by atoms with van der Waals surface area (Å²) in [6, 6.07) is 17.7. The molecule has 0 aromatic heterocycles. The number of hydrogen-bond acceptors (Lipinski definition) is 3. The van der Waals surface area contributed by atoms with E-state index in [-0.39, 0.29) is 17.3 Å². The van der Waals surface area contributed by atoms with Gasteiger partial charge < -0.3 is 4.90 Å². The zero-order chi connectivity index (χ0) is 21.3. The monoisotopic (exact) mass is 442 g/mol. The van der Waals surface area contributed by atoms with Crippen LogP contribution in [0.3, 0.4) is 0 Å². The topological polar surface area (TPSA) is 49.4 Å². The lowest BCUT2D eigenvalue weighted by atomic mass is 10.1. The van der Waals surface area contributed by atoms with E-state index in [0.717, 1.165) is 11.1 Å². The third-order valence-corrected chi connectivity index (χ3v) is 6.67. The number of halogens is 2. The molecule has 1 heterocycles. The highest BCUT2D eigenvalue weighted by Crippen LogP contribution is 2.46. The zero-order valence-corrected chi connectivity index (χ0v) is 17.8. The Kier molecular flexibility index (Phi) is 5.64. The molecule has 1 N–H and O–H groups in total. The normalized spacial score (nSPS) is 13.0. The summed E-state index contributed by atoms with van der Waals surface area (Å²) in [5, 5.41) is 0.119. The Balaban J connectivity index is 1.99. The van der Waals surface area contributed by atoms with Gasteiger partial charge in [-0.2, -0.15) is 0 Å². The van der Waals surface area contributed by atoms with E-state index in [1.807, 2.05) is 67.6 Å². The van der Waals surface area contributed by atoms with Crippen LogP contribution in [-0.2, 0) is 10.0 Å². The van der Waals surface area contributed by atoms with E-state index >= 15 is 4.39 Å². The average Bonchev–Trinajstić information content (AvgIpc) is 2.90. The Bertz CT molecular complexity index is 1190. The van der Waals surface area contributed by atoms with Crippen molar-refractivity contribution < 1.29 is 12.8 Å². The second-order valence-corrected chi connectivity index (χ2v) is 9.03. The fourth-order valence-corrected chi connectivity index (χ4v) is 4.90. The lowest BCUT2D eigenvalue weighted by Gasteiger charge is -2.28. The highest BCUT2D eigenvalue weighted by Gasteiger charge is 2.29. The molecule has 0 radical (unpaired) electrons. The first-order chi connectivity index (χ1) is 14.4. The van der Waals surface area contributed by atoms with Gasteiger partial charge in [-0.3, -0.25) is 0 Å². The summed E-state index contributed by atoms with van der Waals surface area (Å²) in [7, 11) is -4.02. The predicted octanol–water partition coefficient (Wildman–Crippen LogP) is 6.12. The van der Waals surface area contributed by atoms with Crippen LogP contribution in [0.5, 0.6) is 0 Å². The maximum absolute atomic E-state index is 15.8. The Hall–Kier alpha value is -2.67. The molecule has 0 atom stereocenters. The molecule has 0 spiro atoms. The molecule has 1 aliphatic heterocycles. The minimum atomic E-state index is -4.02. The minimum Gasteiger partial charge on any atom is -0.305 e. The van der Waals surface area contributed by atoms with Crippen LogP contribution in [-0.4, -0.2) is 15.0 Å². The van der Waals surface area contributed by atoms with Gasteiger partial charge in [-0.25, -0.2) is 17.5 Å². The van der Waals surface area contributed by atoms with Crippen molar-refractivity contribution in [3.05, 3.63) is 82.6 Å². The first-order valence-corrected chi connectivity index (χ1v) is 11.4. The molecule has 0 saturated heterocycles. The maximum Gasteiger partial charge on any atom is 0.243 e. The van der Waals surface area contributed by atoms with Gasteiger partial charge in [0.05, 0.1) is 16.4 Å². The Labute approximate surface area is 180 Å². The highest BCUT2D eigenvalue weighted by atomic mass is 35.5. The van der Waals surface area contributed by atoms with Crippen LogP contribution in [0.2, 0.25) is 5.02 Å². The van der Waals surface area contributed by atoms with Crippen LogP contribution in [0.1, 0.15) is 24.5 Å². The molecule has 4 rings (SSSR count). The van der Waals surface area contributed by atoms with Crippen LogP contribution >= 0.6 is 11.6 Å².